The van der Waals surface area contributed by atoms with Gasteiger partial charge in [0.05, 0.1) is 6.04 Å². The van der Waals surface area contributed by atoms with Crippen LogP contribution in [0.2, 0.25) is 5.02 Å². The van der Waals surface area contributed by atoms with Crippen molar-refractivity contribution in [2.45, 2.75) is 12.5 Å². The summed E-state index contributed by atoms with van der Waals surface area (Å²) >= 11 is 5.92. The first-order chi connectivity index (χ1) is 10.2. The molecule has 0 saturated heterocycles. The molecule has 0 bridgehead atoms. The van der Waals surface area contributed by atoms with E-state index in [9.17, 15) is 0 Å². The van der Waals surface area contributed by atoms with E-state index in [4.69, 9.17) is 21.6 Å². The van der Waals surface area contributed by atoms with Crippen LogP contribution in [0.3, 0.4) is 0 Å². The Kier molecular flexibility index (Phi) is 5.50. The van der Waals surface area contributed by atoms with Gasteiger partial charge in [-0.05, 0) is 24.1 Å². The quantitative estimate of drug-likeness (QED) is 0.887. The zero-order chi connectivity index (χ0) is 15.1. The SMILES string of the molecule is COCCC(Nc1cc(C#N)ncn1)c1ccc(Cl)cc1. The first-order valence-electron chi connectivity index (χ1n) is 6.46. The third-order valence-corrected chi connectivity index (χ3v) is 3.24. The van der Waals surface area contributed by atoms with E-state index in [1.165, 1.54) is 6.33 Å². The van der Waals surface area contributed by atoms with Gasteiger partial charge in [-0.3, -0.25) is 0 Å². The van der Waals surface area contributed by atoms with E-state index in [1.54, 1.807) is 13.2 Å². The Hall–Kier alpha value is -2.16. The van der Waals surface area contributed by atoms with Gasteiger partial charge in [-0.15, -0.1) is 0 Å². The van der Waals surface area contributed by atoms with Crippen LogP contribution in [0.4, 0.5) is 5.82 Å². The summed E-state index contributed by atoms with van der Waals surface area (Å²) in [5.41, 5.74) is 1.41. The first-order valence-corrected chi connectivity index (χ1v) is 6.84. The van der Waals surface area contributed by atoms with Crippen LogP contribution in [0.5, 0.6) is 0 Å². The number of nitrogens with zero attached hydrogens (tertiary/aromatic N) is 3. The summed E-state index contributed by atoms with van der Waals surface area (Å²) in [6.45, 7) is 0.608. The molecule has 0 aliphatic heterocycles. The number of methoxy groups -OCH3 is 1. The molecule has 1 aromatic heterocycles. The summed E-state index contributed by atoms with van der Waals surface area (Å²) in [7, 11) is 1.66. The third-order valence-electron chi connectivity index (χ3n) is 2.99. The lowest BCUT2D eigenvalue weighted by atomic mass is 10.0. The van der Waals surface area contributed by atoms with Crippen molar-refractivity contribution in [3.63, 3.8) is 0 Å². The molecular formula is C15H15ClN4O. The molecule has 0 aliphatic carbocycles. The highest BCUT2D eigenvalue weighted by Gasteiger charge is 2.12. The number of ether oxygens (including phenoxy) is 1. The molecular weight excluding hydrogens is 288 g/mol. The molecule has 21 heavy (non-hydrogen) atoms. The van der Waals surface area contributed by atoms with Gasteiger partial charge in [-0.2, -0.15) is 5.26 Å². The maximum Gasteiger partial charge on any atom is 0.145 e. The van der Waals surface area contributed by atoms with E-state index < -0.39 is 0 Å². The van der Waals surface area contributed by atoms with Crippen molar-refractivity contribution in [2.75, 3.05) is 19.0 Å². The Morgan fingerprint density at radius 2 is 2.10 bits per heavy atom. The second-order valence-electron chi connectivity index (χ2n) is 4.43. The van der Waals surface area contributed by atoms with Crippen molar-refractivity contribution in [3.8, 4) is 6.07 Å². The summed E-state index contributed by atoms with van der Waals surface area (Å²) < 4.78 is 5.15. The molecule has 1 aromatic carbocycles. The van der Waals surface area contributed by atoms with Crippen LogP contribution in [-0.4, -0.2) is 23.7 Å². The number of hydrogen-bond acceptors (Lipinski definition) is 5. The van der Waals surface area contributed by atoms with E-state index >= 15 is 0 Å². The Morgan fingerprint density at radius 1 is 1.33 bits per heavy atom. The number of halogens is 1. The molecule has 1 N–H and O–H groups in total. The highest BCUT2D eigenvalue weighted by Crippen LogP contribution is 2.23. The number of benzene rings is 1. The molecule has 6 heteroatoms. The summed E-state index contributed by atoms with van der Waals surface area (Å²) in [6.07, 6.45) is 2.14. The fourth-order valence-electron chi connectivity index (χ4n) is 1.93. The van der Waals surface area contributed by atoms with Crippen LogP contribution in [0.25, 0.3) is 0 Å². The van der Waals surface area contributed by atoms with Crippen LogP contribution >= 0.6 is 11.6 Å². The number of rotatable bonds is 6. The van der Waals surface area contributed by atoms with Gasteiger partial charge in [0, 0.05) is 24.8 Å². The van der Waals surface area contributed by atoms with Crippen molar-refractivity contribution in [1.82, 2.24) is 9.97 Å². The van der Waals surface area contributed by atoms with Crippen LogP contribution in [0.1, 0.15) is 23.7 Å². The topological polar surface area (TPSA) is 70.8 Å². The zero-order valence-corrected chi connectivity index (χ0v) is 12.3. The van der Waals surface area contributed by atoms with Gasteiger partial charge in [0.15, 0.2) is 0 Å². The minimum atomic E-state index is 0.0173. The lowest BCUT2D eigenvalue weighted by molar-refractivity contribution is 0.190. The van der Waals surface area contributed by atoms with Gasteiger partial charge in [-0.1, -0.05) is 23.7 Å². The molecule has 5 nitrogen and oxygen atoms in total. The number of hydrogen-bond donors (Lipinski definition) is 1. The number of aromatic nitrogens is 2. The van der Waals surface area contributed by atoms with Gasteiger partial charge >= 0.3 is 0 Å². The van der Waals surface area contributed by atoms with E-state index in [1.807, 2.05) is 30.3 Å². The van der Waals surface area contributed by atoms with Crippen LogP contribution < -0.4 is 5.32 Å². The number of anilines is 1. The molecule has 0 fully saturated rings. The highest BCUT2D eigenvalue weighted by molar-refractivity contribution is 6.30. The lowest BCUT2D eigenvalue weighted by Crippen LogP contribution is -2.14. The third kappa shape index (κ3) is 4.42. The molecule has 0 amide bonds. The molecule has 2 aromatic rings. The standard InChI is InChI=1S/C15H15ClN4O/c1-21-7-6-14(11-2-4-12(16)5-3-11)20-15-8-13(9-17)18-10-19-15/h2-5,8,10,14H,6-7H2,1H3,(H,18,19,20). The second kappa shape index (κ2) is 7.58. The average molecular weight is 303 g/mol. The second-order valence-corrected chi connectivity index (χ2v) is 4.87. The predicted octanol–water partition coefficient (Wildman–Crippen LogP) is 3.19. The molecule has 0 aliphatic rings. The van der Waals surface area contributed by atoms with E-state index in [-0.39, 0.29) is 6.04 Å². The van der Waals surface area contributed by atoms with E-state index in [0.29, 0.717) is 23.1 Å². The average Bonchev–Trinajstić information content (AvgIpc) is 2.52. The van der Waals surface area contributed by atoms with E-state index in [2.05, 4.69) is 15.3 Å². The Bertz CT molecular complexity index is 624. The molecule has 2 rings (SSSR count). The van der Waals surface area contributed by atoms with Crippen molar-refractivity contribution in [1.29, 1.82) is 5.26 Å². The van der Waals surface area contributed by atoms with Crippen molar-refractivity contribution in [3.05, 3.63) is 52.9 Å². The Labute approximate surface area is 128 Å². The van der Waals surface area contributed by atoms with Gasteiger partial charge in [-0.25, -0.2) is 9.97 Å². The monoisotopic (exact) mass is 302 g/mol. The lowest BCUT2D eigenvalue weighted by Gasteiger charge is -2.19. The molecule has 0 saturated carbocycles. The van der Waals surface area contributed by atoms with E-state index in [0.717, 1.165) is 12.0 Å². The Balaban J connectivity index is 2.19. The summed E-state index contributed by atoms with van der Waals surface area (Å²) in [6, 6.07) is 11.2. The largest absolute Gasteiger partial charge is 0.385 e. The van der Waals surface area contributed by atoms with Crippen molar-refractivity contribution in [2.24, 2.45) is 0 Å². The maximum absolute atomic E-state index is 8.88. The van der Waals surface area contributed by atoms with Crippen molar-refractivity contribution < 1.29 is 4.74 Å². The summed E-state index contributed by atoms with van der Waals surface area (Å²) in [5, 5.41) is 12.9. The Morgan fingerprint density at radius 3 is 2.76 bits per heavy atom. The molecule has 0 spiro atoms. The maximum atomic E-state index is 8.88. The molecule has 1 atom stereocenters. The van der Waals surface area contributed by atoms with Crippen LogP contribution in [0, 0.1) is 11.3 Å². The van der Waals surface area contributed by atoms with Gasteiger partial charge in [0.1, 0.15) is 23.9 Å². The first kappa shape index (κ1) is 15.2. The van der Waals surface area contributed by atoms with Gasteiger partial charge < -0.3 is 10.1 Å². The molecule has 1 unspecified atom stereocenters. The zero-order valence-electron chi connectivity index (χ0n) is 11.6. The normalized spacial score (nSPS) is 11.7. The minimum absolute atomic E-state index is 0.0173. The molecule has 1 heterocycles. The fourth-order valence-corrected chi connectivity index (χ4v) is 2.05. The predicted molar refractivity (Wildman–Crippen MR) is 81.1 cm³/mol. The summed E-state index contributed by atoms with van der Waals surface area (Å²) in [4.78, 5) is 8.00. The highest BCUT2D eigenvalue weighted by atomic mass is 35.5. The van der Waals surface area contributed by atoms with Crippen LogP contribution in [0.15, 0.2) is 36.7 Å². The fraction of sp³-hybridized carbons (Fsp3) is 0.267. The summed E-state index contributed by atoms with van der Waals surface area (Å²) in [5.74, 6) is 0.609. The minimum Gasteiger partial charge on any atom is -0.385 e. The number of nitrogens with one attached hydrogen (secondary N) is 1. The molecule has 108 valence electrons. The molecule has 0 radical (unpaired) electrons. The smallest absolute Gasteiger partial charge is 0.145 e. The number of nitriles is 1. The van der Waals surface area contributed by atoms with Gasteiger partial charge in [0.2, 0.25) is 0 Å². The van der Waals surface area contributed by atoms with Crippen LogP contribution in [-0.2, 0) is 4.74 Å². The van der Waals surface area contributed by atoms with Crippen molar-refractivity contribution >= 4 is 17.4 Å². The van der Waals surface area contributed by atoms with Gasteiger partial charge in [0.25, 0.3) is 0 Å².